The third-order valence-electron chi connectivity index (χ3n) is 4.65. The summed E-state index contributed by atoms with van der Waals surface area (Å²) < 4.78 is 16.9. The highest BCUT2D eigenvalue weighted by Gasteiger charge is 2.18. The van der Waals surface area contributed by atoms with Gasteiger partial charge >= 0.3 is 5.97 Å². The lowest BCUT2D eigenvalue weighted by Crippen LogP contribution is -2.16. The summed E-state index contributed by atoms with van der Waals surface area (Å²) in [6.07, 6.45) is 8.72. The zero-order valence-electron chi connectivity index (χ0n) is 17.8. The van der Waals surface area contributed by atoms with Crippen molar-refractivity contribution in [2.45, 2.75) is 72.1 Å². The zero-order valence-corrected chi connectivity index (χ0v) is 17.8. The predicted octanol–water partition coefficient (Wildman–Crippen LogP) is 5.37. The van der Waals surface area contributed by atoms with E-state index in [-0.39, 0.29) is 5.75 Å². The smallest absolute Gasteiger partial charge is 0.308 e. The molecule has 0 amide bonds. The standard InChI is InChI=1S/C23H33NO5/c1-4-6-8-10-14-27-18-12-13-19-20(16-18)24-23(26)22(29-17(3)25)21(19)28-15-11-9-7-5-2/h12-13,16H,4-11,14-15H2,1-3H3,(H,24,26). The topological polar surface area (TPSA) is 77.6 Å². The van der Waals surface area contributed by atoms with Gasteiger partial charge in [0, 0.05) is 18.4 Å². The molecule has 6 nitrogen and oxygen atoms in total. The summed E-state index contributed by atoms with van der Waals surface area (Å²) in [5.41, 5.74) is 0.108. The maximum atomic E-state index is 12.5. The lowest BCUT2D eigenvalue weighted by atomic mass is 10.1. The molecule has 0 aliphatic rings. The molecular weight excluding hydrogens is 370 g/mol. The number of carbonyl (C=O) groups excluding carboxylic acids is 1. The molecule has 0 radical (unpaired) electrons. The van der Waals surface area contributed by atoms with Gasteiger partial charge < -0.3 is 19.2 Å². The number of aromatic nitrogens is 1. The Kier molecular flexibility index (Phi) is 9.54. The monoisotopic (exact) mass is 403 g/mol. The number of aromatic amines is 1. The van der Waals surface area contributed by atoms with Crippen LogP contribution in [0.1, 0.15) is 72.1 Å². The van der Waals surface area contributed by atoms with Crippen molar-refractivity contribution in [2.24, 2.45) is 0 Å². The van der Waals surface area contributed by atoms with Gasteiger partial charge in [0.05, 0.1) is 18.7 Å². The van der Waals surface area contributed by atoms with Crippen LogP contribution in [0.15, 0.2) is 23.0 Å². The highest BCUT2D eigenvalue weighted by atomic mass is 16.6. The van der Waals surface area contributed by atoms with E-state index in [0.717, 1.165) is 38.5 Å². The minimum Gasteiger partial charge on any atom is -0.494 e. The number of hydrogen-bond acceptors (Lipinski definition) is 5. The fourth-order valence-electron chi connectivity index (χ4n) is 3.12. The van der Waals surface area contributed by atoms with Gasteiger partial charge in [-0.1, -0.05) is 52.4 Å². The number of H-pyrrole nitrogens is 1. The molecule has 0 aliphatic carbocycles. The summed E-state index contributed by atoms with van der Waals surface area (Å²) in [5.74, 6) is 0.357. The molecule has 160 valence electrons. The van der Waals surface area contributed by atoms with Crippen LogP contribution in [0.3, 0.4) is 0 Å². The van der Waals surface area contributed by atoms with E-state index in [0.29, 0.717) is 35.6 Å². The highest BCUT2D eigenvalue weighted by Crippen LogP contribution is 2.33. The largest absolute Gasteiger partial charge is 0.494 e. The second kappa shape index (κ2) is 12.1. The molecular formula is C23H33NO5. The first-order chi connectivity index (χ1) is 14.1. The van der Waals surface area contributed by atoms with Crippen molar-refractivity contribution in [3.8, 4) is 17.2 Å². The summed E-state index contributed by atoms with van der Waals surface area (Å²) in [6.45, 7) is 6.69. The van der Waals surface area contributed by atoms with Crippen molar-refractivity contribution < 1.29 is 19.0 Å². The van der Waals surface area contributed by atoms with Crippen LogP contribution in [0.5, 0.6) is 17.2 Å². The summed E-state index contributed by atoms with van der Waals surface area (Å²) in [5, 5.41) is 0.690. The molecule has 1 N–H and O–H groups in total. The van der Waals surface area contributed by atoms with Crippen LogP contribution >= 0.6 is 0 Å². The molecule has 0 unspecified atom stereocenters. The number of pyridine rings is 1. The summed E-state index contributed by atoms with van der Waals surface area (Å²) >= 11 is 0. The molecule has 0 spiro atoms. The summed E-state index contributed by atoms with van der Waals surface area (Å²) in [4.78, 5) is 26.8. The Hall–Kier alpha value is -2.50. The van der Waals surface area contributed by atoms with E-state index in [1.54, 1.807) is 6.07 Å². The van der Waals surface area contributed by atoms with Gasteiger partial charge in [0.25, 0.3) is 5.56 Å². The van der Waals surface area contributed by atoms with Gasteiger partial charge in [0.15, 0.2) is 5.75 Å². The number of ether oxygens (including phenoxy) is 3. The van der Waals surface area contributed by atoms with Gasteiger partial charge in [0.2, 0.25) is 5.75 Å². The molecule has 2 aromatic rings. The first-order valence-corrected chi connectivity index (χ1v) is 10.7. The van der Waals surface area contributed by atoms with Gasteiger partial charge in [-0.05, 0) is 25.0 Å². The van der Waals surface area contributed by atoms with E-state index in [1.807, 2.05) is 12.1 Å². The minimum absolute atomic E-state index is 0.0891. The van der Waals surface area contributed by atoms with E-state index in [4.69, 9.17) is 14.2 Å². The first kappa shape index (κ1) is 22.8. The third-order valence-corrected chi connectivity index (χ3v) is 4.65. The Morgan fingerprint density at radius 1 is 0.897 bits per heavy atom. The van der Waals surface area contributed by atoms with Crippen LogP contribution < -0.4 is 19.8 Å². The summed E-state index contributed by atoms with van der Waals surface area (Å²) in [6, 6.07) is 5.47. The molecule has 0 aliphatic heterocycles. The molecule has 1 aromatic heterocycles. The fraction of sp³-hybridized carbons (Fsp3) is 0.565. The van der Waals surface area contributed by atoms with Gasteiger partial charge in [0.1, 0.15) is 5.75 Å². The molecule has 2 rings (SSSR count). The number of hydrogen-bond donors (Lipinski definition) is 1. The van der Waals surface area contributed by atoms with Crippen LogP contribution in [0.2, 0.25) is 0 Å². The molecule has 1 heterocycles. The second-order valence-electron chi connectivity index (χ2n) is 7.23. The number of fused-ring (bicyclic) bond motifs is 1. The van der Waals surface area contributed by atoms with Crippen LogP contribution in [-0.2, 0) is 4.79 Å². The van der Waals surface area contributed by atoms with Gasteiger partial charge in [-0.25, -0.2) is 0 Å². The van der Waals surface area contributed by atoms with E-state index >= 15 is 0 Å². The van der Waals surface area contributed by atoms with Crippen LogP contribution in [0, 0.1) is 0 Å². The third kappa shape index (κ3) is 7.11. The number of carbonyl (C=O) groups is 1. The van der Waals surface area contributed by atoms with Crippen molar-refractivity contribution in [3.63, 3.8) is 0 Å². The Balaban J connectivity index is 2.23. The number of rotatable bonds is 13. The van der Waals surface area contributed by atoms with Crippen molar-refractivity contribution in [1.82, 2.24) is 4.98 Å². The van der Waals surface area contributed by atoms with Crippen molar-refractivity contribution >= 4 is 16.9 Å². The molecule has 0 saturated heterocycles. The highest BCUT2D eigenvalue weighted by molar-refractivity contribution is 5.89. The molecule has 0 bridgehead atoms. The lowest BCUT2D eigenvalue weighted by Gasteiger charge is -2.14. The fourth-order valence-corrected chi connectivity index (χ4v) is 3.12. The molecule has 0 fully saturated rings. The average molecular weight is 404 g/mol. The maximum absolute atomic E-state index is 12.5. The van der Waals surface area contributed by atoms with E-state index < -0.39 is 11.5 Å². The van der Waals surface area contributed by atoms with E-state index in [2.05, 4.69) is 18.8 Å². The van der Waals surface area contributed by atoms with Gasteiger partial charge in [-0.2, -0.15) is 0 Å². The number of benzene rings is 1. The Bertz CT molecular complexity index is 843. The number of nitrogens with one attached hydrogen (secondary N) is 1. The molecule has 29 heavy (non-hydrogen) atoms. The summed E-state index contributed by atoms with van der Waals surface area (Å²) in [7, 11) is 0. The average Bonchev–Trinajstić information content (AvgIpc) is 2.69. The zero-order chi connectivity index (χ0) is 21.1. The second-order valence-corrected chi connectivity index (χ2v) is 7.23. The van der Waals surface area contributed by atoms with Crippen LogP contribution in [0.25, 0.3) is 10.9 Å². The van der Waals surface area contributed by atoms with Gasteiger partial charge in [-0.15, -0.1) is 0 Å². The quantitative estimate of drug-likeness (QED) is 0.359. The Morgan fingerprint density at radius 2 is 1.55 bits per heavy atom. The van der Waals surface area contributed by atoms with Crippen molar-refractivity contribution in [3.05, 3.63) is 28.6 Å². The van der Waals surface area contributed by atoms with Crippen LogP contribution in [-0.4, -0.2) is 24.2 Å². The Morgan fingerprint density at radius 3 is 2.17 bits per heavy atom. The van der Waals surface area contributed by atoms with E-state index in [1.165, 1.54) is 19.8 Å². The minimum atomic E-state index is -0.558. The van der Waals surface area contributed by atoms with E-state index in [9.17, 15) is 9.59 Å². The van der Waals surface area contributed by atoms with Crippen LogP contribution in [0.4, 0.5) is 0 Å². The normalized spacial score (nSPS) is 10.9. The van der Waals surface area contributed by atoms with Crippen molar-refractivity contribution in [1.29, 1.82) is 0 Å². The molecule has 6 heteroatoms. The lowest BCUT2D eigenvalue weighted by molar-refractivity contribution is -0.132. The molecule has 0 saturated carbocycles. The molecule has 0 atom stereocenters. The SMILES string of the molecule is CCCCCCOc1ccc2c(OCCCCCC)c(OC(C)=O)c(=O)[nH]c2c1. The van der Waals surface area contributed by atoms with Crippen molar-refractivity contribution in [2.75, 3.05) is 13.2 Å². The number of esters is 1. The van der Waals surface area contributed by atoms with Gasteiger partial charge in [-0.3, -0.25) is 9.59 Å². The number of unbranched alkanes of at least 4 members (excludes halogenated alkanes) is 6. The maximum Gasteiger partial charge on any atom is 0.308 e. The predicted molar refractivity (Wildman–Crippen MR) is 115 cm³/mol. The Labute approximate surface area is 172 Å². The first-order valence-electron chi connectivity index (χ1n) is 10.7. The molecule has 1 aromatic carbocycles.